The monoisotopic (exact) mass is 953 g/mol. The highest BCUT2D eigenvalue weighted by Crippen LogP contribution is 2.42. The van der Waals surface area contributed by atoms with Crippen molar-refractivity contribution in [2.75, 3.05) is 6.54 Å². The molecular formula is C54H39Cl2N6O3S2+. The first kappa shape index (κ1) is 43.9. The predicted molar refractivity (Wildman–Crippen MR) is 269 cm³/mol. The summed E-state index contributed by atoms with van der Waals surface area (Å²) in [7, 11) is 0. The lowest BCUT2D eigenvalue weighted by Crippen LogP contribution is -2.67. The van der Waals surface area contributed by atoms with Gasteiger partial charge in [-0.2, -0.15) is 0 Å². The number of hydrogen-bond donors (Lipinski definition) is 4. The minimum Gasteiger partial charge on any atom is -0.351 e. The number of nitrogens with zero attached hydrogens (tertiary/aromatic N) is 2. The van der Waals surface area contributed by atoms with E-state index in [1.54, 1.807) is 41.9 Å². The minimum atomic E-state index is -0.464. The Morgan fingerprint density at radius 1 is 0.627 bits per heavy atom. The van der Waals surface area contributed by atoms with Gasteiger partial charge in [-0.25, -0.2) is 9.98 Å². The smallest absolute Gasteiger partial charge is 0.269 e. The number of aliphatic imine (C=N–C) groups is 2. The van der Waals surface area contributed by atoms with E-state index in [1.165, 1.54) is 0 Å². The van der Waals surface area contributed by atoms with E-state index in [-0.39, 0.29) is 24.2 Å². The van der Waals surface area contributed by atoms with Crippen LogP contribution in [0.5, 0.6) is 0 Å². The molecule has 7 aromatic rings. The normalized spacial score (nSPS) is 14.4. The zero-order chi connectivity index (χ0) is 45.9. The molecule has 7 aromatic carbocycles. The van der Waals surface area contributed by atoms with Crippen molar-refractivity contribution in [3.8, 4) is 11.1 Å². The molecule has 0 fully saturated rings. The first-order valence-corrected chi connectivity index (χ1v) is 23.9. The Bertz CT molecular complexity index is 3240. The van der Waals surface area contributed by atoms with Gasteiger partial charge in [-0.05, 0) is 108 Å². The molecule has 3 aliphatic heterocycles. The Kier molecular flexibility index (Phi) is 12.7. The molecule has 67 heavy (non-hydrogen) atoms. The van der Waals surface area contributed by atoms with Crippen LogP contribution >= 0.6 is 46.7 Å². The molecule has 0 radical (unpaired) electrons. The summed E-state index contributed by atoms with van der Waals surface area (Å²) < 4.78 is 0. The van der Waals surface area contributed by atoms with E-state index in [4.69, 9.17) is 28.2 Å². The van der Waals surface area contributed by atoms with Crippen molar-refractivity contribution < 1.29 is 19.4 Å². The van der Waals surface area contributed by atoms with Crippen LogP contribution in [0.1, 0.15) is 55.0 Å². The quantitative estimate of drug-likeness (QED) is 0.107. The molecule has 0 saturated carbocycles. The van der Waals surface area contributed by atoms with Gasteiger partial charge in [0.15, 0.2) is 0 Å². The molecule has 0 bridgehead atoms. The number of carbonyl (C=O) groups is 3. The molecule has 328 valence electrons. The summed E-state index contributed by atoms with van der Waals surface area (Å²) in [5.74, 6) is -0.831. The van der Waals surface area contributed by atoms with Gasteiger partial charge < -0.3 is 5.32 Å². The number of rotatable bonds is 9. The lowest BCUT2D eigenvalue weighted by atomic mass is 9.96. The van der Waals surface area contributed by atoms with E-state index in [2.05, 4.69) is 50.4 Å². The van der Waals surface area contributed by atoms with Crippen LogP contribution in [-0.4, -0.2) is 41.9 Å². The van der Waals surface area contributed by atoms with E-state index in [1.807, 2.05) is 128 Å². The molecule has 3 aliphatic rings. The maximum atomic E-state index is 13.5. The van der Waals surface area contributed by atoms with Crippen LogP contribution < -0.4 is 21.2 Å². The lowest BCUT2D eigenvalue weighted by Gasteiger charge is -2.13. The average molecular weight is 955 g/mol. The second-order valence-electron chi connectivity index (χ2n) is 16.0. The summed E-state index contributed by atoms with van der Waals surface area (Å²) in [4.78, 5) is 57.1. The van der Waals surface area contributed by atoms with Crippen LogP contribution in [0.3, 0.4) is 0 Å². The largest absolute Gasteiger partial charge is 0.351 e. The number of allylic oxidation sites excluding steroid dienone is 1. The number of carbonyl (C=O) groups excluding carboxylic acids is 3. The van der Waals surface area contributed by atoms with Gasteiger partial charge in [-0.3, -0.25) is 30.2 Å². The number of amides is 3. The molecule has 3 heterocycles. The topological polar surface area (TPSA) is 126 Å². The predicted octanol–water partition coefficient (Wildman–Crippen LogP) is 10.3. The summed E-state index contributed by atoms with van der Waals surface area (Å²) in [5.41, 5.74) is 15.6. The summed E-state index contributed by atoms with van der Waals surface area (Å²) in [5, 5.41) is 4.32. The zero-order valence-corrected chi connectivity index (χ0v) is 38.7. The Morgan fingerprint density at radius 2 is 1.31 bits per heavy atom. The molecule has 0 aromatic heterocycles. The summed E-state index contributed by atoms with van der Waals surface area (Å²) in [6.07, 6.45) is 6.52. The Hall–Kier alpha value is -7.02. The number of halogens is 2. The van der Waals surface area contributed by atoms with E-state index < -0.39 is 5.91 Å². The second-order valence-corrected chi connectivity index (χ2v) is 19.1. The molecule has 0 aliphatic carbocycles. The van der Waals surface area contributed by atoms with Gasteiger partial charge in [0, 0.05) is 83.5 Å². The van der Waals surface area contributed by atoms with Crippen LogP contribution in [0.15, 0.2) is 194 Å². The molecule has 9 nitrogen and oxygen atoms in total. The molecule has 3 amide bonds. The zero-order valence-electron chi connectivity index (χ0n) is 35.6. The van der Waals surface area contributed by atoms with Crippen molar-refractivity contribution in [1.82, 2.24) is 16.2 Å². The van der Waals surface area contributed by atoms with Crippen molar-refractivity contribution in [3.05, 3.63) is 213 Å². The molecular weight excluding hydrogens is 916 g/mol. The van der Waals surface area contributed by atoms with Crippen molar-refractivity contribution in [3.63, 3.8) is 0 Å². The molecule has 4 N–H and O–H groups in total. The minimum absolute atomic E-state index is 0.0307. The lowest BCUT2D eigenvalue weighted by molar-refractivity contribution is -0.355. The average Bonchev–Trinajstić information content (AvgIpc) is 3.63. The maximum Gasteiger partial charge on any atom is 0.269 e. The Labute approximate surface area is 405 Å². The number of benzene rings is 7. The highest BCUT2D eigenvalue weighted by Gasteiger charge is 2.27. The first-order valence-electron chi connectivity index (χ1n) is 21.5. The van der Waals surface area contributed by atoms with Crippen LogP contribution in [0, 0.1) is 5.92 Å². The molecule has 0 saturated heterocycles. The standard InChI is InChI=1S/C54H38Cl2N6O3S2/c55-40-17-10-34(11-18-40)51-42-8-1-2-9-46(42)66-48-23-16-39(29-45(48)59-51)54(65)62-61-50(63)26-32-5-3-7-36(25-32)37-14-21-47-43(27-37)52(35-12-19-41(56)20-13-35)60-44-28-38(15-22-49(44)67-47)53(64)58-31-33-6-4-24-57-30-33/h1-5,7-25,27-30,33H,6,26,31H2,(H,58,64)(H,61,63)(H,62,65)/p+1. The fraction of sp³-hybridized carbons (Fsp3) is 0.0741. The number of fused-ring (bicyclic) bond motifs is 4. The van der Waals surface area contributed by atoms with Crippen molar-refractivity contribution in [2.24, 2.45) is 15.9 Å². The summed E-state index contributed by atoms with van der Waals surface area (Å²) in [6.45, 7) is 0.501. The Balaban J connectivity index is 0.854. The third kappa shape index (κ3) is 9.91. The fourth-order valence-corrected chi connectivity index (χ4v) is 10.3. The summed E-state index contributed by atoms with van der Waals surface area (Å²) in [6, 6.07) is 48.5. The molecule has 10 rings (SSSR count). The third-order valence-electron chi connectivity index (χ3n) is 11.4. The van der Waals surface area contributed by atoms with Crippen molar-refractivity contribution >= 4 is 93.5 Å². The van der Waals surface area contributed by atoms with Gasteiger partial charge >= 0.3 is 0 Å². The van der Waals surface area contributed by atoms with Gasteiger partial charge in [-0.15, -0.1) is 0 Å². The van der Waals surface area contributed by atoms with Gasteiger partial charge in [-0.1, -0.05) is 113 Å². The second kappa shape index (κ2) is 19.4. The van der Waals surface area contributed by atoms with E-state index >= 15 is 0 Å². The molecule has 1 unspecified atom stereocenters. The third-order valence-corrected chi connectivity index (χ3v) is 14.2. The van der Waals surface area contributed by atoms with Gasteiger partial charge in [0.25, 0.3) is 11.8 Å². The van der Waals surface area contributed by atoms with E-state index in [0.29, 0.717) is 33.4 Å². The molecule has 0 spiro atoms. The number of hydrazine groups is 1. The SMILES string of the molecule is O=C(Cc1cccc(-c2ccc3c(c2)C(c2ccc(Cl)cc2)=[NH+]c2cc(C(=O)NCC4C=NC=CC4)ccc2S3)c1)NNC(=O)c1ccc2c(c1)N=C(c1ccc(Cl)cc1)c1ccccc1S2. The van der Waals surface area contributed by atoms with E-state index in [0.717, 1.165) is 82.1 Å². The van der Waals surface area contributed by atoms with Crippen molar-refractivity contribution in [2.45, 2.75) is 32.4 Å². The maximum absolute atomic E-state index is 13.5. The van der Waals surface area contributed by atoms with Gasteiger partial charge in [0.2, 0.25) is 17.3 Å². The summed E-state index contributed by atoms with van der Waals surface area (Å²) >= 11 is 15.8. The van der Waals surface area contributed by atoms with Crippen LogP contribution in [0.25, 0.3) is 11.1 Å². The number of nitrogens with one attached hydrogen (secondary N) is 4. The Morgan fingerprint density at radius 3 is 2.10 bits per heavy atom. The van der Waals surface area contributed by atoms with Gasteiger partial charge in [0.1, 0.15) is 0 Å². The van der Waals surface area contributed by atoms with Crippen LogP contribution in [0.2, 0.25) is 10.0 Å². The highest BCUT2D eigenvalue weighted by molar-refractivity contribution is 7.99. The molecule has 13 heteroatoms. The van der Waals surface area contributed by atoms with Crippen LogP contribution in [-0.2, 0) is 11.2 Å². The van der Waals surface area contributed by atoms with Gasteiger partial charge in [0.05, 0.1) is 28.3 Å². The molecule has 1 atom stereocenters. The fourth-order valence-electron chi connectivity index (χ4n) is 8.01. The van der Waals surface area contributed by atoms with Crippen molar-refractivity contribution in [1.29, 1.82) is 0 Å². The number of hydrogen-bond acceptors (Lipinski definition) is 7. The highest BCUT2D eigenvalue weighted by atomic mass is 35.5. The van der Waals surface area contributed by atoms with Crippen LogP contribution in [0.4, 0.5) is 11.4 Å². The first-order chi connectivity index (χ1) is 32.7. The van der Waals surface area contributed by atoms with E-state index in [9.17, 15) is 14.4 Å².